The van der Waals surface area contributed by atoms with Gasteiger partial charge in [0.1, 0.15) is 0 Å². The Kier molecular flexibility index (Phi) is 5.43. The van der Waals surface area contributed by atoms with E-state index in [0.717, 1.165) is 22.4 Å². The number of hydrogen-bond donors (Lipinski definition) is 1. The molecule has 0 saturated heterocycles. The summed E-state index contributed by atoms with van der Waals surface area (Å²) >= 11 is 0. The molecule has 0 spiro atoms. The van der Waals surface area contributed by atoms with Gasteiger partial charge < -0.3 is 5.32 Å². The van der Waals surface area contributed by atoms with Crippen LogP contribution in [0, 0.1) is 0 Å². The zero-order valence-electron chi connectivity index (χ0n) is 15.6. The Morgan fingerprint density at radius 3 is 2.00 bits per heavy atom. The quantitative estimate of drug-likeness (QED) is 0.841. The molecule has 3 nitrogen and oxygen atoms in total. The predicted molar refractivity (Wildman–Crippen MR) is 99.3 cm³/mol. The number of hydrogen-bond acceptors (Lipinski definition) is 2. The van der Waals surface area contributed by atoms with Crippen LogP contribution in [0.25, 0.3) is 0 Å². The third-order valence-corrected chi connectivity index (χ3v) is 4.33. The summed E-state index contributed by atoms with van der Waals surface area (Å²) in [5.74, 6) is 0.559. The molecule has 0 fully saturated rings. The molecule has 1 N–H and O–H groups in total. The number of pyridine rings is 1. The molecule has 2 aromatic rings. The zero-order chi connectivity index (χ0) is 17.9. The van der Waals surface area contributed by atoms with Crippen molar-refractivity contribution in [2.75, 3.05) is 0 Å². The molecule has 1 aromatic carbocycles. The van der Waals surface area contributed by atoms with Crippen molar-refractivity contribution in [1.82, 2.24) is 10.3 Å². The molecular formula is C21H28N2O. The Morgan fingerprint density at radius 1 is 0.958 bits per heavy atom. The Morgan fingerprint density at radius 2 is 1.54 bits per heavy atom. The lowest BCUT2D eigenvalue weighted by Crippen LogP contribution is -2.42. The average Bonchev–Trinajstić information content (AvgIpc) is 2.54. The van der Waals surface area contributed by atoms with Crippen molar-refractivity contribution >= 4 is 5.91 Å². The first kappa shape index (κ1) is 18.2. The van der Waals surface area contributed by atoms with Gasteiger partial charge in [-0.25, -0.2) is 0 Å². The average molecular weight is 324 g/mol. The molecule has 0 unspecified atom stereocenters. The van der Waals surface area contributed by atoms with E-state index >= 15 is 0 Å². The van der Waals surface area contributed by atoms with E-state index in [1.54, 1.807) is 6.20 Å². The SMILES string of the molecule is CC(C)c1cccc(C(C)C)c1C(=O)NC(C)(C)c1ccccn1. The minimum absolute atomic E-state index is 0.0290. The predicted octanol–water partition coefficient (Wildman–Crippen LogP) is 4.99. The number of amides is 1. The van der Waals surface area contributed by atoms with E-state index in [2.05, 4.69) is 50.1 Å². The van der Waals surface area contributed by atoms with Crippen LogP contribution in [-0.2, 0) is 5.54 Å². The summed E-state index contributed by atoms with van der Waals surface area (Å²) in [6.07, 6.45) is 1.75. The molecule has 128 valence electrons. The number of carbonyl (C=O) groups excluding carboxylic acids is 1. The van der Waals surface area contributed by atoms with Gasteiger partial charge in [0.25, 0.3) is 5.91 Å². The van der Waals surface area contributed by atoms with E-state index in [1.807, 2.05) is 38.1 Å². The van der Waals surface area contributed by atoms with Gasteiger partial charge >= 0.3 is 0 Å². The molecule has 0 aliphatic carbocycles. The van der Waals surface area contributed by atoms with Crippen molar-refractivity contribution in [3.63, 3.8) is 0 Å². The molecule has 0 aliphatic rings. The second-order valence-corrected chi connectivity index (χ2v) is 7.41. The fourth-order valence-electron chi connectivity index (χ4n) is 2.96. The summed E-state index contributed by atoms with van der Waals surface area (Å²) in [5.41, 5.74) is 3.32. The van der Waals surface area contributed by atoms with Crippen molar-refractivity contribution in [2.24, 2.45) is 0 Å². The fourth-order valence-corrected chi connectivity index (χ4v) is 2.96. The standard InChI is InChI=1S/C21H28N2O/c1-14(2)16-10-9-11-17(15(3)4)19(16)20(24)23-21(5,6)18-12-7-8-13-22-18/h7-15H,1-6H3,(H,23,24). The summed E-state index contributed by atoms with van der Waals surface area (Å²) < 4.78 is 0. The lowest BCUT2D eigenvalue weighted by molar-refractivity contribution is 0.0907. The highest BCUT2D eigenvalue weighted by atomic mass is 16.1. The van der Waals surface area contributed by atoms with Crippen molar-refractivity contribution in [2.45, 2.75) is 58.9 Å². The summed E-state index contributed by atoms with van der Waals surface area (Å²) in [6.45, 7) is 12.5. The van der Waals surface area contributed by atoms with Crippen molar-refractivity contribution in [3.8, 4) is 0 Å². The Balaban J connectivity index is 2.43. The van der Waals surface area contributed by atoms with Crippen LogP contribution in [0.4, 0.5) is 0 Å². The van der Waals surface area contributed by atoms with E-state index in [9.17, 15) is 4.79 Å². The van der Waals surface area contributed by atoms with Gasteiger partial charge in [-0.05, 0) is 48.9 Å². The van der Waals surface area contributed by atoms with Crippen molar-refractivity contribution < 1.29 is 4.79 Å². The minimum Gasteiger partial charge on any atom is -0.342 e. The van der Waals surface area contributed by atoms with Crippen LogP contribution >= 0.6 is 0 Å². The highest BCUT2D eigenvalue weighted by molar-refractivity contribution is 5.98. The van der Waals surface area contributed by atoms with Gasteiger partial charge in [0, 0.05) is 11.8 Å². The molecule has 0 aliphatic heterocycles. The zero-order valence-corrected chi connectivity index (χ0v) is 15.6. The third-order valence-electron chi connectivity index (χ3n) is 4.33. The van der Waals surface area contributed by atoms with Crippen LogP contribution < -0.4 is 5.32 Å². The molecular weight excluding hydrogens is 296 g/mol. The van der Waals surface area contributed by atoms with E-state index in [0.29, 0.717) is 11.8 Å². The van der Waals surface area contributed by atoms with E-state index < -0.39 is 5.54 Å². The summed E-state index contributed by atoms with van der Waals surface area (Å²) in [5, 5.41) is 3.18. The van der Waals surface area contributed by atoms with Gasteiger partial charge in [0.15, 0.2) is 0 Å². The summed E-state index contributed by atoms with van der Waals surface area (Å²) in [4.78, 5) is 17.5. The van der Waals surface area contributed by atoms with Gasteiger partial charge in [-0.1, -0.05) is 52.0 Å². The molecule has 24 heavy (non-hydrogen) atoms. The molecule has 1 amide bonds. The number of benzene rings is 1. The van der Waals surface area contributed by atoms with Crippen LogP contribution in [-0.4, -0.2) is 10.9 Å². The number of nitrogens with one attached hydrogen (secondary N) is 1. The van der Waals surface area contributed by atoms with Crippen molar-refractivity contribution in [1.29, 1.82) is 0 Å². The Hall–Kier alpha value is -2.16. The van der Waals surface area contributed by atoms with Crippen LogP contribution in [0.15, 0.2) is 42.6 Å². The minimum atomic E-state index is -0.531. The highest BCUT2D eigenvalue weighted by Gasteiger charge is 2.27. The second-order valence-electron chi connectivity index (χ2n) is 7.41. The Bertz CT molecular complexity index is 677. The maximum absolute atomic E-state index is 13.1. The van der Waals surface area contributed by atoms with Crippen molar-refractivity contribution in [3.05, 3.63) is 65.0 Å². The monoisotopic (exact) mass is 324 g/mol. The third kappa shape index (κ3) is 3.84. The van der Waals surface area contributed by atoms with Gasteiger partial charge in [-0.3, -0.25) is 9.78 Å². The maximum Gasteiger partial charge on any atom is 0.252 e. The van der Waals surface area contributed by atoms with Crippen LogP contribution in [0.5, 0.6) is 0 Å². The first-order valence-electron chi connectivity index (χ1n) is 8.61. The molecule has 1 aromatic heterocycles. The van der Waals surface area contributed by atoms with E-state index in [1.165, 1.54) is 0 Å². The number of aromatic nitrogens is 1. The highest BCUT2D eigenvalue weighted by Crippen LogP contribution is 2.29. The van der Waals surface area contributed by atoms with Crippen LogP contribution in [0.1, 0.15) is 80.6 Å². The van der Waals surface area contributed by atoms with Gasteiger partial charge in [-0.2, -0.15) is 0 Å². The van der Waals surface area contributed by atoms with Gasteiger partial charge in [0.05, 0.1) is 11.2 Å². The summed E-state index contributed by atoms with van der Waals surface area (Å²) in [7, 11) is 0. The fraction of sp³-hybridized carbons (Fsp3) is 0.429. The van der Waals surface area contributed by atoms with Gasteiger partial charge in [0.2, 0.25) is 0 Å². The molecule has 0 saturated carbocycles. The summed E-state index contributed by atoms with van der Waals surface area (Å²) in [6, 6.07) is 11.9. The molecule has 1 heterocycles. The molecule has 0 bridgehead atoms. The molecule has 2 rings (SSSR count). The van der Waals surface area contributed by atoms with E-state index in [4.69, 9.17) is 0 Å². The molecule has 3 heteroatoms. The second kappa shape index (κ2) is 7.16. The molecule has 0 atom stereocenters. The van der Waals surface area contributed by atoms with Crippen LogP contribution in [0.3, 0.4) is 0 Å². The first-order chi connectivity index (χ1) is 11.2. The van der Waals surface area contributed by atoms with E-state index in [-0.39, 0.29) is 5.91 Å². The Labute approximate surface area is 145 Å². The lowest BCUT2D eigenvalue weighted by atomic mass is 9.87. The first-order valence-corrected chi connectivity index (χ1v) is 8.61. The largest absolute Gasteiger partial charge is 0.342 e. The topological polar surface area (TPSA) is 42.0 Å². The molecule has 0 radical (unpaired) electrons. The number of carbonyl (C=O) groups is 1. The normalized spacial score (nSPS) is 11.8. The number of nitrogens with zero attached hydrogens (tertiary/aromatic N) is 1. The maximum atomic E-state index is 13.1. The number of rotatable bonds is 5. The van der Waals surface area contributed by atoms with Crippen LogP contribution in [0.2, 0.25) is 0 Å². The lowest BCUT2D eigenvalue weighted by Gasteiger charge is -2.28. The van der Waals surface area contributed by atoms with Gasteiger partial charge in [-0.15, -0.1) is 0 Å². The smallest absolute Gasteiger partial charge is 0.252 e.